The summed E-state index contributed by atoms with van der Waals surface area (Å²) in [4.78, 5) is 27.3. The average molecular weight is 583 g/mol. The zero-order chi connectivity index (χ0) is 31.0. The molecule has 0 aromatic heterocycles. The maximum atomic E-state index is 14.5. The van der Waals surface area contributed by atoms with E-state index in [9.17, 15) is 9.59 Å². The topological polar surface area (TPSA) is 81.4 Å². The Labute approximate surface area is 256 Å². The van der Waals surface area contributed by atoms with Gasteiger partial charge in [-0.15, -0.1) is 0 Å². The summed E-state index contributed by atoms with van der Waals surface area (Å²) in [6, 6.07) is -0.292. The van der Waals surface area contributed by atoms with Crippen LogP contribution in [-0.2, 0) is 14.3 Å². The SMILES string of the molecule is C=C(C)[C@@H]1CC[C@]2(C(=O)NC(CC(C)C)C(=O)OC)CC[C@]3(C)[C@H](CC[C@@H]4[C@@]5(C)CC[C@H](N)C(C)(C)[C@@H]5CC[C@]43C)[C@@H]12. The van der Waals surface area contributed by atoms with Crippen LogP contribution in [0.1, 0.15) is 126 Å². The lowest BCUT2D eigenvalue weighted by Crippen LogP contribution is -2.68. The number of amides is 1. The van der Waals surface area contributed by atoms with Crippen LogP contribution < -0.4 is 11.1 Å². The van der Waals surface area contributed by atoms with Gasteiger partial charge in [0.15, 0.2) is 0 Å². The molecular formula is C37H62N2O3. The molecule has 238 valence electrons. The van der Waals surface area contributed by atoms with Gasteiger partial charge < -0.3 is 15.8 Å². The number of rotatable bonds is 6. The van der Waals surface area contributed by atoms with E-state index in [0.29, 0.717) is 41.5 Å². The first-order chi connectivity index (χ1) is 19.5. The van der Waals surface area contributed by atoms with E-state index in [1.54, 1.807) is 0 Å². The van der Waals surface area contributed by atoms with Crippen LogP contribution in [0.15, 0.2) is 12.2 Å². The Kier molecular flexibility index (Phi) is 8.11. The highest BCUT2D eigenvalue weighted by molar-refractivity contribution is 5.88. The lowest BCUT2D eigenvalue weighted by Gasteiger charge is -2.73. The van der Waals surface area contributed by atoms with Gasteiger partial charge in [0.2, 0.25) is 5.91 Å². The summed E-state index contributed by atoms with van der Waals surface area (Å²) >= 11 is 0. The van der Waals surface area contributed by atoms with Crippen molar-refractivity contribution < 1.29 is 14.3 Å². The van der Waals surface area contributed by atoms with Crippen LogP contribution >= 0.6 is 0 Å². The predicted molar refractivity (Wildman–Crippen MR) is 170 cm³/mol. The molecule has 0 bridgehead atoms. The number of esters is 1. The smallest absolute Gasteiger partial charge is 0.328 e. The van der Waals surface area contributed by atoms with Crippen molar-refractivity contribution in [1.29, 1.82) is 0 Å². The zero-order valence-electron chi connectivity index (χ0n) is 28.4. The second-order valence-electron chi connectivity index (χ2n) is 17.5. The van der Waals surface area contributed by atoms with Gasteiger partial charge >= 0.3 is 5.97 Å². The number of methoxy groups -OCH3 is 1. The molecule has 0 heterocycles. The first kappa shape index (κ1) is 32.0. The molecule has 1 unspecified atom stereocenters. The van der Waals surface area contributed by atoms with E-state index in [1.807, 2.05) is 0 Å². The molecule has 0 radical (unpaired) electrons. The Balaban J connectivity index is 1.51. The highest BCUT2D eigenvalue weighted by Crippen LogP contribution is 2.77. The van der Waals surface area contributed by atoms with Gasteiger partial charge in [0.05, 0.1) is 12.5 Å². The fraction of sp³-hybridized carbons (Fsp3) is 0.892. The van der Waals surface area contributed by atoms with Crippen LogP contribution in [0.5, 0.6) is 0 Å². The van der Waals surface area contributed by atoms with Crippen LogP contribution in [0.3, 0.4) is 0 Å². The molecule has 3 N–H and O–H groups in total. The quantitative estimate of drug-likeness (QED) is 0.249. The largest absolute Gasteiger partial charge is 0.467 e. The first-order valence-corrected chi connectivity index (χ1v) is 17.3. The minimum Gasteiger partial charge on any atom is -0.467 e. The molecule has 5 fully saturated rings. The molecule has 5 rings (SSSR count). The number of nitrogens with one attached hydrogen (secondary N) is 1. The van der Waals surface area contributed by atoms with Gasteiger partial charge in [-0.25, -0.2) is 4.79 Å². The lowest BCUT2D eigenvalue weighted by molar-refractivity contribution is -0.237. The van der Waals surface area contributed by atoms with Crippen LogP contribution in [0, 0.1) is 62.6 Å². The molecule has 5 aliphatic carbocycles. The molecule has 5 saturated carbocycles. The first-order valence-electron chi connectivity index (χ1n) is 17.3. The molecule has 0 aliphatic heterocycles. The van der Waals surface area contributed by atoms with Gasteiger partial charge in [-0.2, -0.15) is 0 Å². The second kappa shape index (κ2) is 10.6. The third kappa shape index (κ3) is 4.39. The maximum Gasteiger partial charge on any atom is 0.328 e. The highest BCUT2D eigenvalue weighted by atomic mass is 16.5. The lowest BCUT2D eigenvalue weighted by atomic mass is 9.32. The van der Waals surface area contributed by atoms with Gasteiger partial charge in [0.1, 0.15) is 6.04 Å². The summed E-state index contributed by atoms with van der Waals surface area (Å²) in [7, 11) is 1.43. The van der Waals surface area contributed by atoms with Gasteiger partial charge in [-0.05, 0) is 135 Å². The van der Waals surface area contributed by atoms with E-state index in [2.05, 4.69) is 67.3 Å². The predicted octanol–water partition coefficient (Wildman–Crippen LogP) is 7.68. The summed E-state index contributed by atoms with van der Waals surface area (Å²) in [5.41, 5.74) is 8.49. The third-order valence-electron chi connectivity index (χ3n) is 15.1. The van der Waals surface area contributed by atoms with Crippen molar-refractivity contribution in [1.82, 2.24) is 5.32 Å². The number of nitrogens with two attached hydrogens (primary N) is 1. The second-order valence-corrected chi connectivity index (χ2v) is 17.5. The van der Waals surface area contributed by atoms with Crippen molar-refractivity contribution in [2.24, 2.45) is 68.3 Å². The monoisotopic (exact) mass is 582 g/mol. The average Bonchev–Trinajstić information content (AvgIpc) is 3.32. The molecule has 11 atom stereocenters. The molecule has 0 saturated heterocycles. The normalized spacial score (nSPS) is 46.5. The van der Waals surface area contributed by atoms with E-state index in [1.165, 1.54) is 44.8 Å². The number of hydrogen-bond donors (Lipinski definition) is 2. The summed E-state index contributed by atoms with van der Waals surface area (Å²) in [6.07, 6.45) is 11.9. The maximum absolute atomic E-state index is 14.5. The third-order valence-corrected chi connectivity index (χ3v) is 15.1. The fourth-order valence-electron chi connectivity index (χ4n) is 12.7. The standard InChI is InChI=1S/C37H62N2O3/c1-22(2)21-26(31(40)42-10)39-32(41)37-18-13-24(23(3)4)30(37)25-11-12-28-34(7)16-15-29(38)33(5,6)27(34)14-17-36(28,9)35(25,8)19-20-37/h22,24-30H,3,11-21,38H2,1-2,4-10H3,(H,39,41)/t24-,25+,26?,27-,28+,29-,30+,34-,35+,36+,37-/m0/s1. The van der Waals surface area contributed by atoms with Crippen LogP contribution in [0.2, 0.25) is 0 Å². The minimum atomic E-state index is -0.584. The Morgan fingerprint density at radius 1 is 0.905 bits per heavy atom. The Morgan fingerprint density at radius 2 is 1.60 bits per heavy atom. The molecule has 42 heavy (non-hydrogen) atoms. The molecule has 0 aromatic carbocycles. The number of hydrogen-bond acceptors (Lipinski definition) is 4. The van der Waals surface area contributed by atoms with Crippen LogP contribution in [-0.4, -0.2) is 31.1 Å². The van der Waals surface area contributed by atoms with E-state index in [-0.39, 0.29) is 40.0 Å². The van der Waals surface area contributed by atoms with Crippen LogP contribution in [0.4, 0.5) is 0 Å². The molecule has 5 heteroatoms. The van der Waals surface area contributed by atoms with Crippen molar-refractivity contribution in [3.8, 4) is 0 Å². The summed E-state index contributed by atoms with van der Waals surface area (Å²) in [6.45, 7) is 23.7. The van der Waals surface area contributed by atoms with Gasteiger partial charge in [0.25, 0.3) is 0 Å². The molecule has 0 spiro atoms. The van der Waals surface area contributed by atoms with E-state index < -0.39 is 11.5 Å². The van der Waals surface area contributed by atoms with Crippen LogP contribution in [0.25, 0.3) is 0 Å². The molecule has 0 aromatic rings. The number of allylic oxidation sites excluding steroid dienone is 1. The Morgan fingerprint density at radius 3 is 2.21 bits per heavy atom. The van der Waals surface area contributed by atoms with E-state index in [4.69, 9.17) is 10.5 Å². The van der Waals surface area contributed by atoms with Crippen molar-refractivity contribution in [2.75, 3.05) is 7.11 Å². The van der Waals surface area contributed by atoms with E-state index in [0.717, 1.165) is 32.1 Å². The zero-order valence-corrected chi connectivity index (χ0v) is 28.4. The van der Waals surface area contributed by atoms with Gasteiger partial charge in [0, 0.05) is 6.04 Å². The van der Waals surface area contributed by atoms with Crippen molar-refractivity contribution in [3.05, 3.63) is 12.2 Å². The minimum absolute atomic E-state index is 0.0975. The number of carbonyl (C=O) groups excluding carboxylic acids is 2. The summed E-state index contributed by atoms with van der Waals surface area (Å²) < 4.78 is 5.14. The summed E-state index contributed by atoms with van der Waals surface area (Å²) in [5.74, 6) is 2.56. The fourth-order valence-corrected chi connectivity index (χ4v) is 12.7. The molecule has 5 nitrogen and oxygen atoms in total. The van der Waals surface area contributed by atoms with E-state index >= 15 is 0 Å². The number of fused-ring (bicyclic) bond motifs is 7. The Hall–Kier alpha value is -1.36. The molecular weight excluding hydrogens is 520 g/mol. The van der Waals surface area contributed by atoms with Gasteiger partial charge in [-0.1, -0.05) is 60.6 Å². The number of carbonyl (C=O) groups is 2. The van der Waals surface area contributed by atoms with Gasteiger partial charge in [-0.3, -0.25) is 4.79 Å². The molecule has 1 amide bonds. The van der Waals surface area contributed by atoms with Crippen molar-refractivity contribution in [2.45, 2.75) is 138 Å². The molecule has 5 aliphatic rings. The number of ether oxygens (including phenoxy) is 1. The van der Waals surface area contributed by atoms with Crippen molar-refractivity contribution >= 4 is 11.9 Å². The Bertz CT molecular complexity index is 1100. The highest BCUT2D eigenvalue weighted by Gasteiger charge is 2.71. The van der Waals surface area contributed by atoms with Crippen molar-refractivity contribution in [3.63, 3.8) is 0 Å². The summed E-state index contributed by atoms with van der Waals surface area (Å²) in [5, 5.41) is 3.27.